The van der Waals surface area contributed by atoms with E-state index in [1.165, 1.54) is 18.7 Å². The van der Waals surface area contributed by atoms with E-state index in [0.717, 1.165) is 22.5 Å². The Hall–Kier alpha value is -2.80. The first-order valence-corrected chi connectivity index (χ1v) is 9.57. The van der Waals surface area contributed by atoms with Crippen molar-refractivity contribution in [1.29, 1.82) is 0 Å². The second-order valence-corrected chi connectivity index (χ2v) is 7.51. The molecule has 0 fully saturated rings. The lowest BCUT2D eigenvalue weighted by Crippen LogP contribution is -2.22. The highest BCUT2D eigenvalue weighted by Crippen LogP contribution is 2.26. The zero-order valence-corrected chi connectivity index (χ0v) is 16.2. The monoisotopic (exact) mass is 383 g/mol. The molecule has 0 aliphatic heterocycles. The van der Waals surface area contributed by atoms with Crippen molar-refractivity contribution in [2.45, 2.75) is 37.3 Å². The molecule has 2 N–H and O–H groups in total. The average Bonchev–Trinajstić information content (AvgIpc) is 3.05. The number of carbonyl (C=O) groups is 2. The topological polar surface area (TPSA) is 84.2 Å². The van der Waals surface area contributed by atoms with Crippen LogP contribution in [0.3, 0.4) is 0 Å². The Morgan fingerprint density at radius 2 is 1.81 bits per heavy atom. The van der Waals surface area contributed by atoms with Crippen molar-refractivity contribution in [1.82, 2.24) is 4.98 Å². The summed E-state index contributed by atoms with van der Waals surface area (Å²) < 4.78 is 5.58. The van der Waals surface area contributed by atoms with Gasteiger partial charge in [0, 0.05) is 29.6 Å². The Kier molecular flexibility index (Phi) is 5.81. The Labute approximate surface area is 161 Å². The van der Waals surface area contributed by atoms with E-state index in [1.807, 2.05) is 56.3 Å². The molecule has 0 aliphatic carbocycles. The summed E-state index contributed by atoms with van der Waals surface area (Å²) in [5, 5.41) is 5.36. The van der Waals surface area contributed by atoms with Crippen molar-refractivity contribution in [2.75, 3.05) is 10.6 Å². The standard InChI is InChI=1S/C20H21N3O3S/c1-4-19-23-17-11-15(7-10-18(17)26-19)22-20(25)12(2)27-16-8-5-14(6-9-16)21-13(3)24/h5-12H,4H2,1-3H3,(H,21,24)(H,22,25). The lowest BCUT2D eigenvalue weighted by atomic mass is 10.3. The van der Waals surface area contributed by atoms with Crippen molar-refractivity contribution in [3.63, 3.8) is 0 Å². The molecule has 6 nitrogen and oxygen atoms in total. The molecule has 140 valence electrons. The molecule has 0 radical (unpaired) electrons. The van der Waals surface area contributed by atoms with Gasteiger partial charge in [-0.05, 0) is 49.4 Å². The molecule has 0 saturated carbocycles. The number of thioether (sulfide) groups is 1. The van der Waals surface area contributed by atoms with Crippen LogP contribution in [-0.2, 0) is 16.0 Å². The van der Waals surface area contributed by atoms with Gasteiger partial charge < -0.3 is 15.1 Å². The summed E-state index contributed by atoms with van der Waals surface area (Å²) in [6, 6.07) is 12.8. The van der Waals surface area contributed by atoms with Crippen LogP contribution in [0.15, 0.2) is 51.8 Å². The fourth-order valence-electron chi connectivity index (χ4n) is 2.53. The van der Waals surface area contributed by atoms with Gasteiger partial charge in [-0.1, -0.05) is 6.92 Å². The third-order valence-electron chi connectivity index (χ3n) is 3.86. The number of hydrogen-bond donors (Lipinski definition) is 2. The molecule has 2 aromatic carbocycles. The SMILES string of the molecule is CCc1nc2cc(NC(=O)C(C)Sc3ccc(NC(C)=O)cc3)ccc2o1. The molecule has 1 atom stereocenters. The highest BCUT2D eigenvalue weighted by molar-refractivity contribution is 8.00. The maximum Gasteiger partial charge on any atom is 0.237 e. The first kappa shape index (κ1) is 19.0. The largest absolute Gasteiger partial charge is 0.441 e. The number of carbonyl (C=O) groups excluding carboxylic acids is 2. The van der Waals surface area contributed by atoms with Crippen LogP contribution in [0, 0.1) is 0 Å². The summed E-state index contributed by atoms with van der Waals surface area (Å²) in [6.07, 6.45) is 0.727. The summed E-state index contributed by atoms with van der Waals surface area (Å²) in [7, 11) is 0. The Morgan fingerprint density at radius 1 is 1.11 bits per heavy atom. The van der Waals surface area contributed by atoms with Crippen LogP contribution < -0.4 is 10.6 Å². The van der Waals surface area contributed by atoms with E-state index in [2.05, 4.69) is 15.6 Å². The van der Waals surface area contributed by atoms with Crippen LogP contribution in [-0.4, -0.2) is 22.0 Å². The minimum absolute atomic E-state index is 0.0931. The smallest absolute Gasteiger partial charge is 0.237 e. The summed E-state index contributed by atoms with van der Waals surface area (Å²) in [5.74, 6) is 0.475. The van der Waals surface area contributed by atoms with Crippen LogP contribution in [0.2, 0.25) is 0 Å². The van der Waals surface area contributed by atoms with Crippen LogP contribution in [0.1, 0.15) is 26.7 Å². The zero-order chi connectivity index (χ0) is 19.4. The number of oxazole rings is 1. The van der Waals surface area contributed by atoms with Gasteiger partial charge in [0.15, 0.2) is 11.5 Å². The quantitative estimate of drug-likeness (QED) is 0.614. The predicted molar refractivity (Wildman–Crippen MR) is 108 cm³/mol. The lowest BCUT2D eigenvalue weighted by Gasteiger charge is -2.12. The molecule has 0 spiro atoms. The van der Waals surface area contributed by atoms with Gasteiger partial charge in [0.2, 0.25) is 11.8 Å². The van der Waals surface area contributed by atoms with Crippen molar-refractivity contribution in [3.8, 4) is 0 Å². The summed E-state index contributed by atoms with van der Waals surface area (Å²) >= 11 is 1.45. The fraction of sp³-hybridized carbons (Fsp3) is 0.250. The van der Waals surface area contributed by atoms with Gasteiger partial charge in [0.1, 0.15) is 5.52 Å². The van der Waals surface area contributed by atoms with Crippen molar-refractivity contribution in [3.05, 3.63) is 48.4 Å². The average molecular weight is 383 g/mol. The molecule has 3 rings (SSSR count). The maximum atomic E-state index is 12.5. The number of aromatic nitrogens is 1. The number of anilines is 2. The Morgan fingerprint density at radius 3 is 2.48 bits per heavy atom. The first-order valence-electron chi connectivity index (χ1n) is 8.69. The number of benzene rings is 2. The Balaban J connectivity index is 1.62. The van der Waals surface area contributed by atoms with Crippen molar-refractivity contribution >= 4 is 46.1 Å². The van der Waals surface area contributed by atoms with Gasteiger partial charge in [-0.25, -0.2) is 4.98 Å². The van der Waals surface area contributed by atoms with E-state index in [9.17, 15) is 9.59 Å². The summed E-state index contributed by atoms with van der Waals surface area (Å²) in [5.41, 5.74) is 2.87. The van der Waals surface area contributed by atoms with Crippen LogP contribution >= 0.6 is 11.8 Å². The number of aryl methyl sites for hydroxylation is 1. The van der Waals surface area contributed by atoms with E-state index in [1.54, 1.807) is 0 Å². The maximum absolute atomic E-state index is 12.5. The van der Waals surface area contributed by atoms with Gasteiger partial charge in [-0.2, -0.15) is 0 Å². The number of hydrogen-bond acceptors (Lipinski definition) is 5. The normalized spacial score (nSPS) is 12.0. The lowest BCUT2D eigenvalue weighted by molar-refractivity contribution is -0.115. The third kappa shape index (κ3) is 4.89. The van der Waals surface area contributed by atoms with Gasteiger partial charge in [0.05, 0.1) is 5.25 Å². The molecular weight excluding hydrogens is 362 g/mol. The molecule has 1 heterocycles. The van der Waals surface area contributed by atoms with Crippen molar-refractivity contribution in [2.24, 2.45) is 0 Å². The molecule has 1 aromatic heterocycles. The second kappa shape index (κ2) is 8.26. The van der Waals surface area contributed by atoms with E-state index >= 15 is 0 Å². The third-order valence-corrected chi connectivity index (χ3v) is 4.97. The highest BCUT2D eigenvalue weighted by atomic mass is 32.2. The number of amides is 2. The Bertz CT molecular complexity index is 966. The molecule has 0 aliphatic rings. The number of nitrogens with one attached hydrogen (secondary N) is 2. The summed E-state index contributed by atoms with van der Waals surface area (Å²) in [4.78, 5) is 28.9. The minimum atomic E-state index is -0.282. The first-order chi connectivity index (χ1) is 12.9. The van der Waals surface area contributed by atoms with Gasteiger partial charge in [-0.15, -0.1) is 11.8 Å². The van der Waals surface area contributed by atoms with E-state index < -0.39 is 0 Å². The minimum Gasteiger partial charge on any atom is -0.441 e. The van der Waals surface area contributed by atoms with E-state index in [0.29, 0.717) is 17.2 Å². The van der Waals surface area contributed by atoms with Crippen LogP contribution in [0.25, 0.3) is 11.1 Å². The predicted octanol–water partition coefficient (Wildman–Crippen LogP) is 4.47. The second-order valence-electron chi connectivity index (χ2n) is 6.10. The molecule has 0 saturated heterocycles. The number of nitrogens with zero attached hydrogens (tertiary/aromatic N) is 1. The number of fused-ring (bicyclic) bond motifs is 1. The molecule has 27 heavy (non-hydrogen) atoms. The molecule has 3 aromatic rings. The molecule has 0 bridgehead atoms. The van der Waals surface area contributed by atoms with E-state index in [4.69, 9.17) is 4.42 Å². The van der Waals surface area contributed by atoms with Crippen LogP contribution in [0.5, 0.6) is 0 Å². The highest BCUT2D eigenvalue weighted by Gasteiger charge is 2.15. The van der Waals surface area contributed by atoms with Gasteiger partial charge >= 0.3 is 0 Å². The number of rotatable bonds is 6. The summed E-state index contributed by atoms with van der Waals surface area (Å²) in [6.45, 7) is 5.30. The molecule has 1 unspecified atom stereocenters. The molecule has 2 amide bonds. The van der Waals surface area contributed by atoms with Gasteiger partial charge in [-0.3, -0.25) is 9.59 Å². The fourth-order valence-corrected chi connectivity index (χ4v) is 3.39. The van der Waals surface area contributed by atoms with Gasteiger partial charge in [0.25, 0.3) is 0 Å². The zero-order valence-electron chi connectivity index (χ0n) is 15.4. The molecule has 7 heteroatoms. The molecular formula is C20H21N3O3S. The van der Waals surface area contributed by atoms with Crippen molar-refractivity contribution < 1.29 is 14.0 Å². The van der Waals surface area contributed by atoms with Crippen LogP contribution in [0.4, 0.5) is 11.4 Å². The van der Waals surface area contributed by atoms with E-state index in [-0.39, 0.29) is 17.1 Å².